The van der Waals surface area contributed by atoms with Crippen LogP contribution in [-0.4, -0.2) is 49.6 Å². The Bertz CT molecular complexity index is 664. The molecule has 0 radical (unpaired) electrons. The summed E-state index contributed by atoms with van der Waals surface area (Å²) < 4.78 is 99.4. The summed E-state index contributed by atoms with van der Waals surface area (Å²) >= 11 is 0. The molecule has 7 nitrogen and oxygen atoms in total. The second-order valence-electron chi connectivity index (χ2n) is 4.13. The zero-order valence-corrected chi connectivity index (χ0v) is 15.9. The van der Waals surface area contributed by atoms with Gasteiger partial charge in [0.2, 0.25) is 0 Å². The van der Waals surface area contributed by atoms with Crippen LogP contribution in [0.4, 0.5) is 11.7 Å². The van der Waals surface area contributed by atoms with Crippen molar-refractivity contribution in [3.63, 3.8) is 0 Å². The molecule has 0 aromatic carbocycles. The highest BCUT2D eigenvalue weighted by atomic mass is 32.3. The maximum Gasteiger partial charge on any atom is 0.303 e. The molecule has 0 aliphatic carbocycles. The molecule has 0 aromatic heterocycles. The summed E-state index contributed by atoms with van der Waals surface area (Å²) in [4.78, 5) is 0. The van der Waals surface area contributed by atoms with Gasteiger partial charge in [0, 0.05) is 5.92 Å². The molecule has 0 aliphatic heterocycles. The average Bonchev–Trinajstić information content (AvgIpc) is 2.41. The lowest BCUT2D eigenvalue weighted by molar-refractivity contribution is 0.339. The molecule has 150 valence electrons. The van der Waals surface area contributed by atoms with E-state index in [1.807, 2.05) is 0 Å². The molecular formula is C12H21F3O7S3. The first kappa shape index (κ1) is 28.5. The molecule has 0 aliphatic rings. The summed E-state index contributed by atoms with van der Waals surface area (Å²) in [5.41, 5.74) is 0. The Morgan fingerprint density at radius 3 is 1.36 bits per heavy atom. The minimum atomic E-state index is -4.81. The number of halogens is 3. The van der Waals surface area contributed by atoms with Crippen molar-refractivity contribution in [1.82, 2.24) is 0 Å². The van der Waals surface area contributed by atoms with E-state index in [1.165, 1.54) is 12.3 Å². The lowest BCUT2D eigenvalue weighted by Gasteiger charge is -2.05. The van der Waals surface area contributed by atoms with Crippen LogP contribution in [0.1, 0.15) is 6.42 Å². The van der Waals surface area contributed by atoms with Crippen molar-refractivity contribution in [2.24, 2.45) is 5.92 Å². The zero-order chi connectivity index (χ0) is 20.7. The van der Waals surface area contributed by atoms with Gasteiger partial charge in [-0.1, -0.05) is 18.7 Å². The molecule has 0 saturated heterocycles. The number of methoxy groups -OCH3 is 1. The number of ether oxygens (including phenoxy) is 1. The Balaban J connectivity index is -0.000000342. The summed E-state index contributed by atoms with van der Waals surface area (Å²) in [5, 5.41) is 0. The first-order chi connectivity index (χ1) is 11.1. The van der Waals surface area contributed by atoms with Crippen LogP contribution in [0.15, 0.2) is 38.2 Å². The van der Waals surface area contributed by atoms with Crippen molar-refractivity contribution in [3.8, 4) is 0 Å². The molecule has 0 atom stereocenters. The molecule has 0 unspecified atom stereocenters. The van der Waals surface area contributed by atoms with E-state index in [-0.39, 0.29) is 6.42 Å². The fourth-order valence-corrected chi connectivity index (χ4v) is 3.05. The Kier molecular flexibility index (Phi) is 15.8. The summed E-state index contributed by atoms with van der Waals surface area (Å²) in [7, 11) is -12.3. The minimum Gasteiger partial charge on any atom is -0.505 e. The monoisotopic (exact) mass is 430 g/mol. The highest BCUT2D eigenvalue weighted by Gasteiger charge is 2.21. The van der Waals surface area contributed by atoms with Crippen LogP contribution in [0.3, 0.4) is 0 Å². The molecule has 0 heterocycles. The molecule has 0 saturated carbocycles. The van der Waals surface area contributed by atoms with E-state index < -0.39 is 53.8 Å². The van der Waals surface area contributed by atoms with Crippen LogP contribution in [-0.2, 0) is 35.4 Å². The third-order valence-corrected chi connectivity index (χ3v) is 4.27. The van der Waals surface area contributed by atoms with Crippen molar-refractivity contribution in [2.45, 2.75) is 6.42 Å². The molecule has 0 amide bonds. The highest BCUT2D eigenvalue weighted by molar-refractivity contribution is 7.87. The van der Waals surface area contributed by atoms with Crippen molar-refractivity contribution < 1.29 is 41.6 Å². The smallest absolute Gasteiger partial charge is 0.303 e. The van der Waals surface area contributed by atoms with E-state index in [2.05, 4.69) is 24.5 Å². The van der Waals surface area contributed by atoms with Gasteiger partial charge in [0.15, 0.2) is 0 Å². The van der Waals surface area contributed by atoms with Crippen LogP contribution in [0.25, 0.3) is 0 Å². The first-order valence-electron chi connectivity index (χ1n) is 6.26. The third kappa shape index (κ3) is 34.8. The van der Waals surface area contributed by atoms with Crippen LogP contribution in [0, 0.1) is 5.92 Å². The predicted octanol–water partition coefficient (Wildman–Crippen LogP) is 2.03. The van der Waals surface area contributed by atoms with Gasteiger partial charge in [-0.2, -0.15) is 25.3 Å². The molecule has 0 fully saturated rings. The minimum absolute atomic E-state index is 0.179. The van der Waals surface area contributed by atoms with Crippen LogP contribution in [0.5, 0.6) is 0 Å². The average molecular weight is 430 g/mol. The fourth-order valence-electron chi connectivity index (χ4n) is 0.920. The Morgan fingerprint density at radius 1 is 0.880 bits per heavy atom. The van der Waals surface area contributed by atoms with E-state index in [0.717, 1.165) is 6.08 Å². The summed E-state index contributed by atoms with van der Waals surface area (Å²) in [6, 6.07) is 0. The van der Waals surface area contributed by atoms with E-state index in [9.17, 15) is 36.9 Å². The quantitative estimate of drug-likeness (QED) is 0.312. The van der Waals surface area contributed by atoms with E-state index in [1.54, 1.807) is 7.11 Å². The summed E-state index contributed by atoms with van der Waals surface area (Å²) in [6.07, 6.45) is 3.80. The number of hydrogen-bond donors (Lipinski definition) is 0. The zero-order valence-electron chi connectivity index (χ0n) is 13.5. The van der Waals surface area contributed by atoms with Crippen LogP contribution in [0.2, 0.25) is 0 Å². The van der Waals surface area contributed by atoms with Gasteiger partial charge in [0.1, 0.15) is 0 Å². The third-order valence-electron chi connectivity index (χ3n) is 1.89. The number of rotatable bonds is 9. The number of allylic oxidation sites excluding steroid dienone is 2. The van der Waals surface area contributed by atoms with E-state index >= 15 is 0 Å². The van der Waals surface area contributed by atoms with Crippen LogP contribution >= 0.6 is 0 Å². The molecule has 13 heteroatoms. The van der Waals surface area contributed by atoms with Crippen molar-refractivity contribution in [3.05, 3.63) is 38.2 Å². The Hall–Kier alpha value is -1.34. The normalized spacial score (nSPS) is 11.2. The topological polar surface area (TPSA) is 112 Å². The van der Waals surface area contributed by atoms with Crippen molar-refractivity contribution in [2.75, 3.05) is 24.4 Å². The standard InChI is InChI=1S/C5H8F2O4S2.C4H7FO2S.C3H6O/c1-2-5(3-12(6,8)9)4-13(7,10)11;1-2-3-4-8(5,6)7;1-3-4-2/h2,5H,1,3-4H2;2H,1,3-4H2;3H,1H2,2H3. The van der Waals surface area contributed by atoms with Gasteiger partial charge in [-0.25, -0.2) is 0 Å². The predicted molar refractivity (Wildman–Crippen MR) is 90.4 cm³/mol. The molecule has 0 bridgehead atoms. The van der Waals surface area contributed by atoms with E-state index in [4.69, 9.17) is 0 Å². The van der Waals surface area contributed by atoms with Gasteiger partial charge in [-0.3, -0.25) is 0 Å². The molecule has 0 aromatic rings. The molecular weight excluding hydrogens is 409 g/mol. The Labute approximate surface area is 147 Å². The van der Waals surface area contributed by atoms with Gasteiger partial charge in [0.05, 0.1) is 30.6 Å². The molecule has 0 spiro atoms. The van der Waals surface area contributed by atoms with Gasteiger partial charge in [-0.05, 0) is 6.42 Å². The van der Waals surface area contributed by atoms with Gasteiger partial charge in [0.25, 0.3) is 0 Å². The SMILES string of the molecule is C=CC(CS(=O)(=O)F)CS(=O)(=O)F.C=CCCS(=O)(=O)F.C=COC. The first-order valence-corrected chi connectivity index (χ1v) is 10.9. The second-order valence-corrected chi connectivity index (χ2v) is 8.44. The van der Waals surface area contributed by atoms with Crippen molar-refractivity contribution in [1.29, 1.82) is 0 Å². The fraction of sp³-hybridized carbons (Fsp3) is 0.500. The maximum atomic E-state index is 12.0. The molecule has 25 heavy (non-hydrogen) atoms. The largest absolute Gasteiger partial charge is 0.505 e. The highest BCUT2D eigenvalue weighted by Crippen LogP contribution is 2.09. The second kappa shape index (κ2) is 13.9. The van der Waals surface area contributed by atoms with Gasteiger partial charge < -0.3 is 4.74 Å². The van der Waals surface area contributed by atoms with Crippen molar-refractivity contribution >= 4 is 30.7 Å². The Morgan fingerprint density at radius 2 is 1.24 bits per heavy atom. The number of hydrogen-bond acceptors (Lipinski definition) is 7. The lowest BCUT2D eigenvalue weighted by atomic mass is 10.2. The molecule has 0 rings (SSSR count). The summed E-state index contributed by atoms with van der Waals surface area (Å²) in [5.74, 6) is -3.85. The van der Waals surface area contributed by atoms with Gasteiger partial charge >= 0.3 is 30.7 Å². The lowest BCUT2D eigenvalue weighted by Crippen LogP contribution is -2.18. The molecule has 0 N–H and O–H groups in total. The summed E-state index contributed by atoms with van der Waals surface area (Å²) in [6.45, 7) is 9.56. The maximum absolute atomic E-state index is 12.0. The van der Waals surface area contributed by atoms with Gasteiger partial charge in [-0.15, -0.1) is 24.8 Å². The van der Waals surface area contributed by atoms with E-state index in [0.29, 0.717) is 0 Å². The van der Waals surface area contributed by atoms with Crippen LogP contribution < -0.4 is 0 Å².